The summed E-state index contributed by atoms with van der Waals surface area (Å²) >= 11 is 0. The van der Waals surface area contributed by atoms with Crippen LogP contribution in [0.2, 0.25) is 0 Å². The lowest BCUT2D eigenvalue weighted by Gasteiger charge is -2.18. The molecule has 1 aliphatic rings. The topological polar surface area (TPSA) is 35.2 Å². The summed E-state index contributed by atoms with van der Waals surface area (Å²) in [6.45, 7) is 4.98. The molecular weight excluding hydrogens is 198 g/mol. The average Bonchev–Trinajstić information content (AvgIpc) is 2.64. The van der Waals surface area contributed by atoms with Crippen LogP contribution in [-0.4, -0.2) is 12.1 Å². The SMILES string of the molecule is Cc1cccc(C)c1COC1CCCC1N. The van der Waals surface area contributed by atoms with Gasteiger partial charge >= 0.3 is 0 Å². The van der Waals surface area contributed by atoms with Gasteiger partial charge in [0.1, 0.15) is 0 Å². The summed E-state index contributed by atoms with van der Waals surface area (Å²) in [5, 5.41) is 0. The fraction of sp³-hybridized carbons (Fsp3) is 0.571. The van der Waals surface area contributed by atoms with Crippen molar-refractivity contribution in [3.05, 3.63) is 34.9 Å². The van der Waals surface area contributed by atoms with E-state index in [1.165, 1.54) is 23.1 Å². The van der Waals surface area contributed by atoms with Crippen molar-refractivity contribution in [2.45, 2.75) is 51.9 Å². The lowest BCUT2D eigenvalue weighted by Crippen LogP contribution is -2.31. The number of rotatable bonds is 3. The largest absolute Gasteiger partial charge is 0.372 e. The molecule has 0 heterocycles. The van der Waals surface area contributed by atoms with E-state index in [0.29, 0.717) is 6.61 Å². The molecule has 1 aromatic rings. The highest BCUT2D eigenvalue weighted by Crippen LogP contribution is 2.23. The molecule has 2 heteroatoms. The molecule has 2 N–H and O–H groups in total. The van der Waals surface area contributed by atoms with Gasteiger partial charge in [0, 0.05) is 6.04 Å². The lowest BCUT2D eigenvalue weighted by atomic mass is 10.0. The van der Waals surface area contributed by atoms with Crippen molar-refractivity contribution < 1.29 is 4.74 Å². The van der Waals surface area contributed by atoms with Crippen LogP contribution >= 0.6 is 0 Å². The molecular formula is C14H21NO. The number of ether oxygens (including phenoxy) is 1. The van der Waals surface area contributed by atoms with Crippen molar-refractivity contribution in [1.29, 1.82) is 0 Å². The summed E-state index contributed by atoms with van der Waals surface area (Å²) in [5.41, 5.74) is 9.94. The first-order valence-corrected chi connectivity index (χ1v) is 6.11. The van der Waals surface area contributed by atoms with Crippen molar-refractivity contribution in [1.82, 2.24) is 0 Å². The molecule has 1 fully saturated rings. The van der Waals surface area contributed by atoms with Gasteiger partial charge in [-0.2, -0.15) is 0 Å². The Morgan fingerprint density at radius 3 is 2.50 bits per heavy atom. The summed E-state index contributed by atoms with van der Waals surface area (Å²) in [6, 6.07) is 6.61. The standard InChI is InChI=1S/C14H21NO/c1-10-5-3-6-11(2)12(10)9-16-14-8-4-7-13(14)15/h3,5-6,13-14H,4,7-9,15H2,1-2H3. The Morgan fingerprint density at radius 2 is 1.94 bits per heavy atom. The predicted molar refractivity (Wildman–Crippen MR) is 66.3 cm³/mol. The third-order valence-electron chi connectivity index (χ3n) is 3.59. The van der Waals surface area contributed by atoms with Crippen LogP contribution in [0.5, 0.6) is 0 Å². The normalized spacial score (nSPS) is 24.9. The van der Waals surface area contributed by atoms with Crippen LogP contribution in [0.4, 0.5) is 0 Å². The van der Waals surface area contributed by atoms with Gasteiger partial charge in [-0.3, -0.25) is 0 Å². The van der Waals surface area contributed by atoms with Crippen molar-refractivity contribution in [3.8, 4) is 0 Å². The van der Waals surface area contributed by atoms with Gasteiger partial charge in [-0.15, -0.1) is 0 Å². The second kappa shape index (κ2) is 4.98. The van der Waals surface area contributed by atoms with E-state index in [4.69, 9.17) is 10.5 Å². The Labute approximate surface area is 97.8 Å². The van der Waals surface area contributed by atoms with Crippen molar-refractivity contribution >= 4 is 0 Å². The highest BCUT2D eigenvalue weighted by atomic mass is 16.5. The molecule has 88 valence electrons. The first-order chi connectivity index (χ1) is 7.68. The van der Waals surface area contributed by atoms with E-state index >= 15 is 0 Å². The smallest absolute Gasteiger partial charge is 0.0730 e. The fourth-order valence-corrected chi connectivity index (χ4v) is 2.43. The summed E-state index contributed by atoms with van der Waals surface area (Å²) in [5.74, 6) is 0. The van der Waals surface area contributed by atoms with Crippen LogP contribution in [0.15, 0.2) is 18.2 Å². The number of hydrogen-bond acceptors (Lipinski definition) is 2. The molecule has 0 spiro atoms. The van der Waals surface area contributed by atoms with E-state index in [1.807, 2.05) is 0 Å². The molecule has 0 aliphatic heterocycles. The molecule has 0 amide bonds. The first kappa shape index (κ1) is 11.6. The zero-order valence-corrected chi connectivity index (χ0v) is 10.2. The second-order valence-corrected chi connectivity index (χ2v) is 4.81. The molecule has 0 radical (unpaired) electrons. The fourth-order valence-electron chi connectivity index (χ4n) is 2.43. The molecule has 1 saturated carbocycles. The van der Waals surface area contributed by atoms with Gasteiger partial charge in [-0.1, -0.05) is 18.2 Å². The molecule has 0 saturated heterocycles. The van der Waals surface area contributed by atoms with Crippen LogP contribution in [0, 0.1) is 13.8 Å². The maximum atomic E-state index is 5.99. The molecule has 0 bridgehead atoms. The summed E-state index contributed by atoms with van der Waals surface area (Å²) in [6.07, 6.45) is 3.70. The van der Waals surface area contributed by atoms with Gasteiger partial charge in [0.15, 0.2) is 0 Å². The highest BCUT2D eigenvalue weighted by molar-refractivity contribution is 5.32. The average molecular weight is 219 g/mol. The van der Waals surface area contributed by atoms with Gasteiger partial charge in [-0.25, -0.2) is 0 Å². The number of aryl methyl sites for hydroxylation is 2. The van der Waals surface area contributed by atoms with Crippen LogP contribution < -0.4 is 5.73 Å². The minimum Gasteiger partial charge on any atom is -0.372 e. The van der Waals surface area contributed by atoms with Gasteiger partial charge in [0.25, 0.3) is 0 Å². The van der Waals surface area contributed by atoms with E-state index in [-0.39, 0.29) is 12.1 Å². The van der Waals surface area contributed by atoms with Crippen LogP contribution in [0.1, 0.15) is 36.0 Å². The lowest BCUT2D eigenvalue weighted by molar-refractivity contribution is 0.0352. The van der Waals surface area contributed by atoms with E-state index in [9.17, 15) is 0 Å². The number of nitrogens with two attached hydrogens (primary N) is 1. The van der Waals surface area contributed by atoms with Crippen molar-refractivity contribution in [3.63, 3.8) is 0 Å². The monoisotopic (exact) mass is 219 g/mol. The van der Waals surface area contributed by atoms with Gasteiger partial charge < -0.3 is 10.5 Å². The minimum absolute atomic E-state index is 0.240. The molecule has 2 unspecified atom stereocenters. The maximum absolute atomic E-state index is 5.99. The maximum Gasteiger partial charge on any atom is 0.0730 e. The molecule has 16 heavy (non-hydrogen) atoms. The number of hydrogen-bond donors (Lipinski definition) is 1. The molecule has 0 aromatic heterocycles. The Bertz CT molecular complexity index is 342. The Balaban J connectivity index is 1.99. The Kier molecular flexibility index (Phi) is 3.62. The van der Waals surface area contributed by atoms with E-state index in [0.717, 1.165) is 12.8 Å². The van der Waals surface area contributed by atoms with E-state index < -0.39 is 0 Å². The van der Waals surface area contributed by atoms with E-state index in [1.54, 1.807) is 0 Å². The van der Waals surface area contributed by atoms with Crippen molar-refractivity contribution in [2.24, 2.45) is 5.73 Å². The van der Waals surface area contributed by atoms with Crippen LogP contribution in [0.3, 0.4) is 0 Å². The molecule has 2 nitrogen and oxygen atoms in total. The second-order valence-electron chi connectivity index (χ2n) is 4.81. The number of benzene rings is 1. The summed E-state index contributed by atoms with van der Waals surface area (Å²) in [4.78, 5) is 0. The van der Waals surface area contributed by atoms with Crippen LogP contribution in [0.25, 0.3) is 0 Å². The quantitative estimate of drug-likeness (QED) is 0.848. The van der Waals surface area contributed by atoms with Crippen LogP contribution in [-0.2, 0) is 11.3 Å². The first-order valence-electron chi connectivity index (χ1n) is 6.11. The van der Waals surface area contributed by atoms with Crippen molar-refractivity contribution in [2.75, 3.05) is 0 Å². The molecule has 2 rings (SSSR count). The zero-order chi connectivity index (χ0) is 11.5. The third-order valence-corrected chi connectivity index (χ3v) is 3.59. The highest BCUT2D eigenvalue weighted by Gasteiger charge is 2.24. The van der Waals surface area contributed by atoms with Gasteiger partial charge in [0.2, 0.25) is 0 Å². The molecule has 2 atom stereocenters. The van der Waals surface area contributed by atoms with Gasteiger partial charge in [-0.05, 0) is 49.8 Å². The minimum atomic E-state index is 0.240. The Morgan fingerprint density at radius 1 is 1.25 bits per heavy atom. The summed E-state index contributed by atoms with van der Waals surface area (Å²) < 4.78 is 5.94. The van der Waals surface area contributed by atoms with E-state index in [2.05, 4.69) is 32.0 Å². The predicted octanol–water partition coefficient (Wildman–Crippen LogP) is 2.70. The molecule has 1 aromatic carbocycles. The Hall–Kier alpha value is -0.860. The molecule has 1 aliphatic carbocycles. The zero-order valence-electron chi connectivity index (χ0n) is 10.2. The third kappa shape index (κ3) is 2.45. The van der Waals surface area contributed by atoms with Gasteiger partial charge in [0.05, 0.1) is 12.7 Å². The summed E-state index contributed by atoms with van der Waals surface area (Å²) in [7, 11) is 0.